The molecule has 0 aromatic rings. The molecule has 0 aromatic carbocycles. The topological polar surface area (TPSA) is 77.4 Å². The van der Waals surface area contributed by atoms with E-state index in [-0.39, 0.29) is 18.2 Å². The average Bonchev–Trinajstić information content (AvgIpc) is 2.58. The van der Waals surface area contributed by atoms with Gasteiger partial charge >= 0.3 is 0 Å². The van der Waals surface area contributed by atoms with Crippen LogP contribution in [0.4, 0.5) is 0 Å². The maximum atomic E-state index is 12.9. The summed E-state index contributed by atoms with van der Waals surface area (Å²) >= 11 is 0. The Kier molecular flexibility index (Phi) is 13.8. The van der Waals surface area contributed by atoms with Gasteiger partial charge in [-0.1, -0.05) is 86.0 Å². The van der Waals surface area contributed by atoms with Crippen LogP contribution in [0.25, 0.3) is 0 Å². The Bertz CT molecular complexity index is 526. The number of carbonyl (C=O) groups excluding carboxylic acids is 2. The van der Waals surface area contributed by atoms with Crippen LogP contribution in [0.3, 0.4) is 0 Å². The molecule has 5 heteroatoms. The number of nitrogens with zero attached hydrogens (tertiary/aromatic N) is 1. The van der Waals surface area contributed by atoms with Crippen molar-refractivity contribution in [2.24, 2.45) is 23.7 Å². The van der Waals surface area contributed by atoms with E-state index < -0.39 is 18.0 Å². The first kappa shape index (κ1) is 30.1. The summed E-state index contributed by atoms with van der Waals surface area (Å²) in [7, 11) is 5.52. The van der Waals surface area contributed by atoms with Crippen molar-refractivity contribution >= 4 is 11.8 Å². The van der Waals surface area contributed by atoms with Crippen molar-refractivity contribution in [1.29, 1.82) is 0 Å². The third-order valence-electron chi connectivity index (χ3n) is 6.29. The summed E-state index contributed by atoms with van der Waals surface area (Å²) in [5.41, 5.74) is -1.87. The molecule has 0 spiro atoms. The van der Waals surface area contributed by atoms with Crippen molar-refractivity contribution in [1.82, 2.24) is 0 Å². The predicted octanol–water partition coefficient (Wildman–Crippen LogP) is 4.21. The molecule has 0 amide bonds. The highest BCUT2D eigenvalue weighted by Gasteiger charge is 2.43. The number of carbonyl (C=O) groups is 2. The summed E-state index contributed by atoms with van der Waals surface area (Å²) in [6.45, 7) is 11.1. The van der Waals surface area contributed by atoms with Crippen LogP contribution < -0.4 is 5.11 Å². The molecule has 0 aliphatic heterocycles. The molecule has 0 rings (SSSR count). The smallest absolute Gasteiger partial charge is 0.177 e. The lowest BCUT2D eigenvalue weighted by Gasteiger charge is -2.36. The minimum atomic E-state index is -1.87. The van der Waals surface area contributed by atoms with E-state index in [1.165, 1.54) is 38.5 Å². The number of Topliss-reactive ketones (excluding diaryl/α,β-unsaturated/α-hetero) is 1. The van der Waals surface area contributed by atoms with Crippen LogP contribution in [-0.2, 0) is 9.59 Å². The number of ketones is 1. The zero-order valence-corrected chi connectivity index (χ0v) is 21.7. The summed E-state index contributed by atoms with van der Waals surface area (Å²) in [5, 5.41) is 22.0. The Morgan fingerprint density at radius 1 is 0.806 bits per heavy atom. The number of hydrogen-bond acceptors (Lipinski definition) is 4. The molecule has 5 nitrogen and oxygen atoms in total. The van der Waals surface area contributed by atoms with Gasteiger partial charge in [0.2, 0.25) is 0 Å². The maximum Gasteiger partial charge on any atom is 0.177 e. The second kappa shape index (κ2) is 14.3. The van der Waals surface area contributed by atoms with Crippen LogP contribution in [-0.4, -0.2) is 54.6 Å². The van der Waals surface area contributed by atoms with Gasteiger partial charge in [-0.2, -0.15) is 0 Å². The van der Waals surface area contributed by atoms with Gasteiger partial charge in [0, 0.05) is 18.3 Å². The Hall–Kier alpha value is -0.940. The Morgan fingerprint density at radius 2 is 1.23 bits per heavy atom. The van der Waals surface area contributed by atoms with Crippen molar-refractivity contribution in [3.05, 3.63) is 0 Å². The molecule has 184 valence electrons. The normalized spacial score (nSPS) is 17.2. The molecule has 0 aliphatic carbocycles. The number of carboxylic acids is 1. The number of carboxylic acid groups (broad SMARTS) is 1. The number of rotatable bonds is 18. The number of likely N-dealkylation sites (N-methyl/N-ethyl adjacent to an activating group) is 1. The standard InChI is InChI=1S/C26H51NO4/c1-20(2)12-9-13-21(3)14-10-15-22(4)16-11-17-23(5)25(30)26(31,18-24(28)29)19-27(6,7)8/h20-23,31H,9-19H2,1-8H3. The SMILES string of the molecule is CC(C)CCCC(C)CCCC(C)CCCC(C)C(=O)C(O)(CC(=O)[O-])C[N+](C)(C)C. The highest BCUT2D eigenvalue weighted by atomic mass is 16.4. The third-order valence-corrected chi connectivity index (χ3v) is 6.29. The number of hydrogen-bond donors (Lipinski definition) is 1. The number of aliphatic hydroxyl groups is 1. The molecule has 4 unspecified atom stereocenters. The van der Waals surface area contributed by atoms with E-state index in [4.69, 9.17) is 0 Å². The van der Waals surface area contributed by atoms with Gasteiger partial charge in [-0.3, -0.25) is 4.79 Å². The second-order valence-corrected chi connectivity index (χ2v) is 11.7. The molecular formula is C26H51NO4. The van der Waals surface area contributed by atoms with Gasteiger partial charge in [0.15, 0.2) is 11.4 Å². The zero-order chi connectivity index (χ0) is 24.2. The summed E-state index contributed by atoms with van der Waals surface area (Å²) in [6, 6.07) is 0. The van der Waals surface area contributed by atoms with Crippen LogP contribution in [0.1, 0.15) is 98.8 Å². The molecule has 0 radical (unpaired) electrons. The summed E-state index contributed by atoms with van der Waals surface area (Å²) in [6.07, 6.45) is 9.77. The predicted molar refractivity (Wildman–Crippen MR) is 126 cm³/mol. The van der Waals surface area contributed by atoms with Crippen LogP contribution in [0, 0.1) is 23.7 Å². The minimum absolute atomic E-state index is 0.0654. The third kappa shape index (κ3) is 14.7. The molecule has 31 heavy (non-hydrogen) atoms. The van der Waals surface area contributed by atoms with Crippen molar-refractivity contribution in [2.45, 2.75) is 104 Å². The largest absolute Gasteiger partial charge is 0.550 e. The van der Waals surface area contributed by atoms with E-state index in [1.807, 2.05) is 28.1 Å². The Labute approximate surface area is 192 Å². The highest BCUT2D eigenvalue weighted by Crippen LogP contribution is 2.25. The van der Waals surface area contributed by atoms with E-state index >= 15 is 0 Å². The molecule has 0 aromatic heterocycles. The lowest BCUT2D eigenvalue weighted by molar-refractivity contribution is -0.875. The summed E-state index contributed by atoms with van der Waals surface area (Å²) < 4.78 is 0.315. The fourth-order valence-corrected chi connectivity index (χ4v) is 4.58. The van der Waals surface area contributed by atoms with Crippen molar-refractivity contribution in [3.8, 4) is 0 Å². The van der Waals surface area contributed by atoms with Gasteiger partial charge in [0.05, 0.1) is 21.1 Å². The molecule has 0 saturated carbocycles. The fourth-order valence-electron chi connectivity index (χ4n) is 4.58. The first-order valence-corrected chi connectivity index (χ1v) is 12.4. The zero-order valence-electron chi connectivity index (χ0n) is 21.7. The van der Waals surface area contributed by atoms with Gasteiger partial charge < -0.3 is 19.5 Å². The number of quaternary nitrogens is 1. The molecule has 0 bridgehead atoms. The molecular weight excluding hydrogens is 390 g/mol. The van der Waals surface area contributed by atoms with Gasteiger partial charge in [-0.05, 0) is 24.2 Å². The van der Waals surface area contributed by atoms with Crippen LogP contribution in [0.15, 0.2) is 0 Å². The van der Waals surface area contributed by atoms with E-state index in [1.54, 1.807) is 0 Å². The molecule has 0 saturated heterocycles. The van der Waals surface area contributed by atoms with Gasteiger partial charge in [-0.25, -0.2) is 0 Å². The Morgan fingerprint density at radius 3 is 1.61 bits per heavy atom. The molecule has 0 heterocycles. The van der Waals surface area contributed by atoms with Crippen molar-refractivity contribution < 1.29 is 24.3 Å². The second-order valence-electron chi connectivity index (χ2n) is 11.7. The van der Waals surface area contributed by atoms with Crippen LogP contribution >= 0.6 is 0 Å². The Balaban J connectivity index is 4.35. The van der Waals surface area contributed by atoms with Gasteiger partial charge in [0.1, 0.15) is 6.54 Å². The van der Waals surface area contributed by atoms with Gasteiger partial charge in [0.25, 0.3) is 0 Å². The van der Waals surface area contributed by atoms with Gasteiger partial charge in [-0.15, -0.1) is 0 Å². The van der Waals surface area contributed by atoms with E-state index in [9.17, 15) is 19.8 Å². The minimum Gasteiger partial charge on any atom is -0.550 e. The van der Waals surface area contributed by atoms with Crippen LogP contribution in [0.2, 0.25) is 0 Å². The molecule has 4 atom stereocenters. The lowest BCUT2D eigenvalue weighted by Crippen LogP contribution is -2.57. The highest BCUT2D eigenvalue weighted by molar-refractivity contribution is 5.92. The first-order chi connectivity index (χ1) is 14.2. The van der Waals surface area contributed by atoms with E-state index in [0.717, 1.165) is 24.7 Å². The summed E-state index contributed by atoms with van der Waals surface area (Å²) in [5.74, 6) is 0.107. The lowest BCUT2D eigenvalue weighted by atomic mass is 9.83. The summed E-state index contributed by atoms with van der Waals surface area (Å²) in [4.78, 5) is 24.0. The van der Waals surface area contributed by atoms with Crippen molar-refractivity contribution in [3.63, 3.8) is 0 Å². The fraction of sp³-hybridized carbons (Fsp3) is 0.923. The quantitative estimate of drug-likeness (QED) is 0.323. The average molecular weight is 442 g/mol. The maximum absolute atomic E-state index is 12.9. The molecule has 0 aliphatic rings. The number of aliphatic carboxylic acids is 1. The van der Waals surface area contributed by atoms with E-state index in [2.05, 4.69) is 27.7 Å². The van der Waals surface area contributed by atoms with Crippen LogP contribution in [0.5, 0.6) is 0 Å². The monoisotopic (exact) mass is 441 g/mol. The van der Waals surface area contributed by atoms with Crippen molar-refractivity contribution in [2.75, 3.05) is 27.7 Å². The molecule has 1 N–H and O–H groups in total. The van der Waals surface area contributed by atoms with E-state index in [0.29, 0.717) is 16.8 Å². The first-order valence-electron chi connectivity index (χ1n) is 12.4. The molecule has 0 fully saturated rings.